The normalized spacial score (nSPS) is 11.6. The predicted molar refractivity (Wildman–Crippen MR) is 103 cm³/mol. The van der Waals surface area contributed by atoms with Crippen molar-refractivity contribution >= 4 is 21.6 Å². The van der Waals surface area contributed by atoms with Crippen LogP contribution in [0.4, 0.5) is 10.1 Å². The molecule has 7 nitrogen and oxygen atoms in total. The number of hydrogen-bond donors (Lipinski definition) is 1. The van der Waals surface area contributed by atoms with Crippen molar-refractivity contribution in [3.63, 3.8) is 0 Å². The number of nitrogens with zero attached hydrogens (tertiary/aromatic N) is 3. The lowest BCUT2D eigenvalue weighted by molar-refractivity contribution is 0.102. The Morgan fingerprint density at radius 1 is 1.18 bits per heavy atom. The summed E-state index contributed by atoms with van der Waals surface area (Å²) in [7, 11) is -1.41. The van der Waals surface area contributed by atoms with Crippen LogP contribution in [0.5, 0.6) is 0 Å². The van der Waals surface area contributed by atoms with Gasteiger partial charge in [0.25, 0.3) is 5.91 Å². The van der Waals surface area contributed by atoms with E-state index in [1.165, 1.54) is 20.2 Å². The zero-order chi connectivity index (χ0) is 20.3. The Balaban J connectivity index is 1.82. The van der Waals surface area contributed by atoms with Crippen LogP contribution in [0.15, 0.2) is 65.8 Å². The molecule has 0 bridgehead atoms. The number of hydrogen-bond acceptors (Lipinski definition) is 4. The van der Waals surface area contributed by atoms with Gasteiger partial charge in [0.1, 0.15) is 10.7 Å². The van der Waals surface area contributed by atoms with E-state index in [1.807, 2.05) is 18.3 Å². The van der Waals surface area contributed by atoms with Crippen molar-refractivity contribution in [2.45, 2.75) is 11.4 Å². The van der Waals surface area contributed by atoms with E-state index in [-0.39, 0.29) is 5.56 Å². The van der Waals surface area contributed by atoms with Crippen LogP contribution in [0.2, 0.25) is 0 Å². The number of nitrogens with one attached hydrogen (secondary N) is 1. The molecule has 0 saturated heterocycles. The van der Waals surface area contributed by atoms with Crippen LogP contribution in [0, 0.1) is 5.82 Å². The second-order valence-electron chi connectivity index (χ2n) is 6.29. The molecule has 0 spiro atoms. The van der Waals surface area contributed by atoms with Crippen molar-refractivity contribution in [1.82, 2.24) is 14.1 Å². The van der Waals surface area contributed by atoms with Crippen LogP contribution >= 0.6 is 0 Å². The molecule has 0 radical (unpaired) electrons. The molecule has 0 aliphatic rings. The molecule has 0 unspecified atom stereocenters. The minimum absolute atomic E-state index is 0.0410. The van der Waals surface area contributed by atoms with Crippen molar-refractivity contribution in [1.29, 1.82) is 0 Å². The van der Waals surface area contributed by atoms with Crippen LogP contribution < -0.4 is 5.32 Å². The summed E-state index contributed by atoms with van der Waals surface area (Å²) in [6.07, 6.45) is 3.51. The summed E-state index contributed by atoms with van der Waals surface area (Å²) in [5.41, 5.74) is 1.51. The minimum atomic E-state index is -4.00. The number of amides is 1. The second kappa shape index (κ2) is 7.91. The first kappa shape index (κ1) is 19.7. The first-order chi connectivity index (χ1) is 13.3. The number of rotatable bonds is 6. The number of sulfonamides is 1. The lowest BCUT2D eigenvalue weighted by atomic mass is 10.1. The monoisotopic (exact) mass is 402 g/mol. The van der Waals surface area contributed by atoms with Gasteiger partial charge in [-0.15, -0.1) is 0 Å². The maximum Gasteiger partial charge on any atom is 0.255 e. The van der Waals surface area contributed by atoms with Crippen molar-refractivity contribution < 1.29 is 17.6 Å². The molecule has 2 aromatic carbocycles. The first-order valence-corrected chi connectivity index (χ1v) is 9.81. The van der Waals surface area contributed by atoms with Gasteiger partial charge in [0, 0.05) is 37.7 Å². The number of benzene rings is 2. The van der Waals surface area contributed by atoms with Gasteiger partial charge < -0.3 is 5.32 Å². The van der Waals surface area contributed by atoms with E-state index in [0.717, 1.165) is 22.0 Å². The molecule has 1 aromatic heterocycles. The molecule has 3 aromatic rings. The summed E-state index contributed by atoms with van der Waals surface area (Å²) in [4.78, 5) is 12.0. The highest BCUT2D eigenvalue weighted by Crippen LogP contribution is 2.20. The summed E-state index contributed by atoms with van der Waals surface area (Å²) >= 11 is 0. The Bertz CT molecular complexity index is 1100. The SMILES string of the molecule is CN(C)S(=O)(=O)c1cc(C(=O)Nc2cccc(Cn3cccn3)c2)ccc1F. The standard InChI is InChI=1S/C19H19FN4O3S/c1-23(2)28(26,27)18-12-15(7-8-17(18)20)19(25)22-16-6-3-5-14(11-16)13-24-10-4-9-21-24/h3-12H,13H2,1-2H3,(H,22,25). The summed E-state index contributed by atoms with van der Waals surface area (Å²) < 4.78 is 41.1. The molecular formula is C19H19FN4O3S. The zero-order valence-electron chi connectivity index (χ0n) is 15.3. The van der Waals surface area contributed by atoms with E-state index >= 15 is 0 Å². The van der Waals surface area contributed by atoms with Gasteiger partial charge in [0.05, 0.1) is 6.54 Å². The van der Waals surface area contributed by atoms with Crippen molar-refractivity contribution in [2.24, 2.45) is 0 Å². The Labute approximate surface area is 162 Å². The van der Waals surface area contributed by atoms with Crippen LogP contribution in [-0.2, 0) is 16.6 Å². The summed E-state index contributed by atoms with van der Waals surface area (Å²) in [6.45, 7) is 0.540. The van der Waals surface area contributed by atoms with E-state index in [1.54, 1.807) is 29.1 Å². The first-order valence-electron chi connectivity index (χ1n) is 8.37. The molecule has 1 heterocycles. The average Bonchev–Trinajstić information content (AvgIpc) is 3.15. The van der Waals surface area contributed by atoms with Gasteiger partial charge in [0.15, 0.2) is 0 Å². The molecule has 0 atom stereocenters. The van der Waals surface area contributed by atoms with Crippen LogP contribution in [0.25, 0.3) is 0 Å². The quantitative estimate of drug-likeness (QED) is 0.687. The number of aromatic nitrogens is 2. The Morgan fingerprint density at radius 2 is 1.96 bits per heavy atom. The molecule has 1 N–H and O–H groups in total. The minimum Gasteiger partial charge on any atom is -0.322 e. The van der Waals surface area contributed by atoms with Gasteiger partial charge in [-0.25, -0.2) is 17.1 Å². The lowest BCUT2D eigenvalue weighted by Gasteiger charge is -2.13. The molecule has 28 heavy (non-hydrogen) atoms. The largest absolute Gasteiger partial charge is 0.322 e. The van der Waals surface area contributed by atoms with Gasteiger partial charge in [0.2, 0.25) is 10.0 Å². The Morgan fingerprint density at radius 3 is 2.64 bits per heavy atom. The third kappa shape index (κ3) is 4.26. The number of carbonyl (C=O) groups is 1. The van der Waals surface area contributed by atoms with Gasteiger partial charge in [-0.3, -0.25) is 9.48 Å². The molecule has 0 fully saturated rings. The molecule has 3 rings (SSSR count). The topological polar surface area (TPSA) is 84.3 Å². The van der Waals surface area contributed by atoms with E-state index in [2.05, 4.69) is 10.4 Å². The van der Waals surface area contributed by atoms with Gasteiger partial charge in [-0.05, 0) is 42.0 Å². The number of carbonyl (C=O) groups excluding carboxylic acids is 1. The fourth-order valence-electron chi connectivity index (χ4n) is 2.57. The van der Waals surface area contributed by atoms with Crippen LogP contribution in [-0.4, -0.2) is 42.5 Å². The summed E-state index contributed by atoms with van der Waals surface area (Å²) in [5.74, 6) is -1.45. The van der Waals surface area contributed by atoms with Crippen LogP contribution in [0.3, 0.4) is 0 Å². The van der Waals surface area contributed by atoms with Gasteiger partial charge in [-0.2, -0.15) is 5.10 Å². The lowest BCUT2D eigenvalue weighted by Crippen LogP contribution is -2.24. The molecule has 0 saturated carbocycles. The summed E-state index contributed by atoms with van der Waals surface area (Å²) in [5, 5.41) is 6.84. The maximum absolute atomic E-state index is 14.0. The molecular weight excluding hydrogens is 383 g/mol. The third-order valence-corrected chi connectivity index (χ3v) is 5.87. The Kier molecular flexibility index (Phi) is 5.57. The number of anilines is 1. The van der Waals surface area contributed by atoms with E-state index in [4.69, 9.17) is 0 Å². The van der Waals surface area contributed by atoms with Crippen LogP contribution in [0.1, 0.15) is 15.9 Å². The Hall–Kier alpha value is -3.04. The molecule has 0 aliphatic heterocycles. The third-order valence-electron chi connectivity index (χ3n) is 4.04. The smallest absolute Gasteiger partial charge is 0.255 e. The van der Waals surface area contributed by atoms with Crippen molar-refractivity contribution in [3.8, 4) is 0 Å². The molecule has 1 amide bonds. The molecule has 9 heteroatoms. The fraction of sp³-hybridized carbons (Fsp3) is 0.158. The van der Waals surface area contributed by atoms with Gasteiger partial charge >= 0.3 is 0 Å². The predicted octanol–water partition coefficient (Wildman–Crippen LogP) is 2.57. The van der Waals surface area contributed by atoms with Crippen molar-refractivity contribution in [3.05, 3.63) is 77.9 Å². The molecule has 0 aliphatic carbocycles. The maximum atomic E-state index is 14.0. The highest BCUT2D eigenvalue weighted by Gasteiger charge is 2.23. The second-order valence-corrected chi connectivity index (χ2v) is 8.41. The fourth-order valence-corrected chi connectivity index (χ4v) is 3.55. The highest BCUT2D eigenvalue weighted by atomic mass is 32.2. The van der Waals surface area contributed by atoms with E-state index in [0.29, 0.717) is 12.2 Å². The average molecular weight is 402 g/mol. The number of halogens is 1. The van der Waals surface area contributed by atoms with Crippen molar-refractivity contribution in [2.75, 3.05) is 19.4 Å². The molecule has 146 valence electrons. The van der Waals surface area contributed by atoms with E-state index < -0.39 is 26.6 Å². The van der Waals surface area contributed by atoms with E-state index in [9.17, 15) is 17.6 Å². The van der Waals surface area contributed by atoms with Gasteiger partial charge in [-0.1, -0.05) is 12.1 Å². The summed E-state index contributed by atoms with van der Waals surface area (Å²) in [6, 6.07) is 12.3. The highest BCUT2D eigenvalue weighted by molar-refractivity contribution is 7.89. The zero-order valence-corrected chi connectivity index (χ0v) is 16.1.